The van der Waals surface area contributed by atoms with E-state index in [4.69, 9.17) is 9.97 Å². The van der Waals surface area contributed by atoms with E-state index in [0.717, 1.165) is 42.5 Å². The van der Waals surface area contributed by atoms with Crippen LogP contribution >= 0.6 is 0 Å². The van der Waals surface area contributed by atoms with Crippen LogP contribution in [0.1, 0.15) is 52.0 Å². The second kappa shape index (κ2) is 9.19. The first kappa shape index (κ1) is 24.5. The predicted molar refractivity (Wildman–Crippen MR) is 145 cm³/mol. The molecule has 0 amide bonds. The average Bonchev–Trinajstić information content (AvgIpc) is 3.31. The van der Waals surface area contributed by atoms with E-state index in [1.54, 1.807) is 6.20 Å². The summed E-state index contributed by atoms with van der Waals surface area (Å²) in [5.74, 6) is -0.151. The van der Waals surface area contributed by atoms with Crippen molar-refractivity contribution in [1.29, 1.82) is 0 Å². The van der Waals surface area contributed by atoms with Crippen LogP contribution < -0.4 is 5.32 Å². The zero-order chi connectivity index (χ0) is 26.6. The summed E-state index contributed by atoms with van der Waals surface area (Å²) in [4.78, 5) is 29.4. The normalized spacial score (nSPS) is 23.1. The maximum Gasteiger partial charge on any atom is 0.308 e. The summed E-state index contributed by atoms with van der Waals surface area (Å²) in [5.41, 5.74) is 3.92. The number of aliphatic carboxylic acids is 1. The molecule has 3 N–H and O–H groups in total. The van der Waals surface area contributed by atoms with Crippen LogP contribution in [0.25, 0.3) is 33.7 Å². The molecular formula is C30H32FN5O2. The fraction of sp³-hybridized carbons (Fsp3) is 0.400. The van der Waals surface area contributed by atoms with Gasteiger partial charge in [0.2, 0.25) is 0 Å². The van der Waals surface area contributed by atoms with Crippen LogP contribution in [0.5, 0.6) is 0 Å². The molecule has 0 radical (unpaired) electrons. The number of carbonyl (C=O) groups is 1. The van der Waals surface area contributed by atoms with Crippen LogP contribution in [-0.2, 0) is 10.2 Å². The van der Waals surface area contributed by atoms with E-state index in [0.29, 0.717) is 28.2 Å². The topological polar surface area (TPSA) is 104 Å². The maximum absolute atomic E-state index is 14.1. The van der Waals surface area contributed by atoms with E-state index >= 15 is 0 Å². The van der Waals surface area contributed by atoms with Gasteiger partial charge < -0.3 is 15.4 Å². The lowest BCUT2D eigenvalue weighted by Gasteiger charge is -2.47. The lowest BCUT2D eigenvalue weighted by molar-refractivity contribution is -0.148. The highest BCUT2D eigenvalue weighted by atomic mass is 19.1. The Labute approximate surface area is 220 Å². The number of hydrogen-bond acceptors (Lipinski definition) is 5. The molecule has 4 aromatic rings. The molecule has 3 aliphatic rings. The number of nitrogens with zero attached hydrogens (tertiary/aromatic N) is 3. The number of aromatic amines is 1. The summed E-state index contributed by atoms with van der Waals surface area (Å²) < 4.78 is 14.1. The van der Waals surface area contributed by atoms with Gasteiger partial charge in [0, 0.05) is 34.8 Å². The van der Waals surface area contributed by atoms with Crippen molar-refractivity contribution >= 4 is 22.8 Å². The quantitative estimate of drug-likeness (QED) is 0.284. The van der Waals surface area contributed by atoms with Gasteiger partial charge in [-0.15, -0.1) is 0 Å². The average molecular weight is 514 g/mol. The minimum absolute atomic E-state index is 0.125. The Morgan fingerprint density at radius 3 is 2.53 bits per heavy atom. The Hall–Kier alpha value is -3.81. The highest BCUT2D eigenvalue weighted by Crippen LogP contribution is 2.46. The number of halogens is 1. The van der Waals surface area contributed by atoms with Crippen molar-refractivity contribution in [3.05, 3.63) is 60.2 Å². The molecular weight excluding hydrogens is 481 g/mol. The van der Waals surface area contributed by atoms with Crippen LogP contribution in [0.2, 0.25) is 0 Å². The minimum Gasteiger partial charge on any atom is -0.481 e. The number of nitrogens with one attached hydrogen (secondary N) is 2. The van der Waals surface area contributed by atoms with Gasteiger partial charge in [-0.3, -0.25) is 4.79 Å². The molecule has 3 aliphatic carbocycles. The number of carboxylic acid groups (broad SMARTS) is 1. The number of rotatable bonds is 5. The SMILES string of the molecule is CC(C)(C)c1ccccc1-c1cc(NC2C3CCC(CC3)C2C(=O)O)nc(-c2c[nH]c3ncc(F)cc23)n1. The lowest BCUT2D eigenvalue weighted by Crippen LogP contribution is -2.51. The van der Waals surface area contributed by atoms with E-state index in [2.05, 4.69) is 48.2 Å². The van der Waals surface area contributed by atoms with Gasteiger partial charge in [0.05, 0.1) is 17.8 Å². The first-order valence-corrected chi connectivity index (χ1v) is 13.3. The third-order valence-corrected chi connectivity index (χ3v) is 8.29. The first-order valence-electron chi connectivity index (χ1n) is 13.3. The van der Waals surface area contributed by atoms with Crippen molar-refractivity contribution in [3.63, 3.8) is 0 Å². The summed E-state index contributed by atoms with van der Waals surface area (Å²) in [6.45, 7) is 6.49. The first-order chi connectivity index (χ1) is 18.2. The number of benzene rings is 1. The molecule has 3 heterocycles. The molecule has 2 bridgehead atoms. The van der Waals surface area contributed by atoms with Gasteiger partial charge in [0.15, 0.2) is 5.82 Å². The predicted octanol–water partition coefficient (Wildman–Crippen LogP) is 6.42. The standard InChI is InChI=1S/C30H32FN5O2/c1-30(2,3)22-7-5-4-6-19(22)23-13-24(35-26-17-10-8-16(9-11-17)25(26)29(37)38)36-28(34-23)21-15-33-27-20(21)12-18(31)14-32-27/h4-7,12-17,25-26H,8-11H2,1-3H3,(H,32,33)(H,37,38)(H,34,35,36). The summed E-state index contributed by atoms with van der Waals surface area (Å²) in [5, 5.41) is 14.2. The third-order valence-electron chi connectivity index (χ3n) is 8.29. The number of hydrogen-bond donors (Lipinski definition) is 3. The van der Waals surface area contributed by atoms with E-state index in [-0.39, 0.29) is 23.3 Å². The van der Waals surface area contributed by atoms with Crippen molar-refractivity contribution in [2.45, 2.75) is 57.9 Å². The fourth-order valence-electron chi connectivity index (χ4n) is 6.49. The molecule has 1 aromatic carbocycles. The van der Waals surface area contributed by atoms with E-state index in [9.17, 15) is 14.3 Å². The highest BCUT2D eigenvalue weighted by Gasteiger charge is 2.47. The number of aromatic nitrogens is 4. The number of fused-ring (bicyclic) bond motifs is 4. The van der Waals surface area contributed by atoms with Gasteiger partial charge in [-0.05, 0) is 54.6 Å². The zero-order valence-corrected chi connectivity index (χ0v) is 21.8. The van der Waals surface area contributed by atoms with Crippen molar-refractivity contribution in [2.24, 2.45) is 17.8 Å². The minimum atomic E-state index is -0.748. The largest absolute Gasteiger partial charge is 0.481 e. The molecule has 0 spiro atoms. The van der Waals surface area contributed by atoms with Crippen LogP contribution in [0.4, 0.5) is 10.2 Å². The van der Waals surface area contributed by atoms with Crippen molar-refractivity contribution in [1.82, 2.24) is 19.9 Å². The zero-order valence-electron chi connectivity index (χ0n) is 21.8. The molecule has 3 aromatic heterocycles. The molecule has 2 atom stereocenters. The molecule has 0 aliphatic heterocycles. The van der Waals surface area contributed by atoms with E-state index < -0.39 is 17.7 Å². The van der Waals surface area contributed by atoms with Crippen LogP contribution in [0.3, 0.4) is 0 Å². The van der Waals surface area contributed by atoms with Gasteiger partial charge in [0.25, 0.3) is 0 Å². The molecule has 7 rings (SSSR count). The second-order valence-corrected chi connectivity index (χ2v) is 11.7. The molecule has 196 valence electrons. The van der Waals surface area contributed by atoms with E-state index in [1.165, 1.54) is 12.3 Å². The van der Waals surface area contributed by atoms with Crippen molar-refractivity contribution in [3.8, 4) is 22.6 Å². The van der Waals surface area contributed by atoms with E-state index in [1.807, 2.05) is 18.2 Å². The lowest BCUT2D eigenvalue weighted by atomic mass is 9.61. The Bertz CT molecular complexity index is 1520. The summed E-state index contributed by atoms with van der Waals surface area (Å²) in [6.07, 6.45) is 6.91. The summed E-state index contributed by atoms with van der Waals surface area (Å²) >= 11 is 0. The maximum atomic E-state index is 14.1. The number of H-pyrrole nitrogens is 1. The van der Waals surface area contributed by atoms with Crippen LogP contribution in [-0.4, -0.2) is 37.1 Å². The third kappa shape index (κ3) is 4.31. The van der Waals surface area contributed by atoms with Crippen LogP contribution in [0, 0.1) is 23.6 Å². The van der Waals surface area contributed by atoms with Gasteiger partial charge >= 0.3 is 5.97 Å². The highest BCUT2D eigenvalue weighted by molar-refractivity contribution is 5.92. The Kier molecular flexibility index (Phi) is 5.93. The molecule has 3 saturated carbocycles. The monoisotopic (exact) mass is 513 g/mol. The Morgan fingerprint density at radius 2 is 1.79 bits per heavy atom. The molecule has 0 saturated heterocycles. The summed E-state index contributed by atoms with van der Waals surface area (Å²) in [6, 6.07) is 11.3. The number of pyridine rings is 1. The molecule has 8 heteroatoms. The molecule has 2 unspecified atom stereocenters. The van der Waals surface area contributed by atoms with Crippen LogP contribution in [0.15, 0.2) is 48.8 Å². The number of carboxylic acids is 1. The van der Waals surface area contributed by atoms with Gasteiger partial charge in [0.1, 0.15) is 17.3 Å². The second-order valence-electron chi connectivity index (χ2n) is 11.7. The number of anilines is 1. The van der Waals surface area contributed by atoms with Crippen molar-refractivity contribution in [2.75, 3.05) is 5.32 Å². The molecule has 38 heavy (non-hydrogen) atoms. The Balaban J connectivity index is 1.51. The van der Waals surface area contributed by atoms with Gasteiger partial charge in [-0.1, -0.05) is 45.0 Å². The Morgan fingerprint density at radius 1 is 1.05 bits per heavy atom. The van der Waals surface area contributed by atoms with Gasteiger partial charge in [-0.2, -0.15) is 0 Å². The summed E-state index contributed by atoms with van der Waals surface area (Å²) in [7, 11) is 0. The smallest absolute Gasteiger partial charge is 0.308 e. The fourth-order valence-corrected chi connectivity index (χ4v) is 6.49. The molecule has 7 nitrogen and oxygen atoms in total. The van der Waals surface area contributed by atoms with Crippen molar-refractivity contribution < 1.29 is 14.3 Å². The molecule has 3 fully saturated rings. The van der Waals surface area contributed by atoms with Gasteiger partial charge in [-0.25, -0.2) is 19.3 Å².